The van der Waals surface area contributed by atoms with Crippen LogP contribution in [-0.4, -0.2) is 19.8 Å². The molecule has 1 aromatic rings. The van der Waals surface area contributed by atoms with Gasteiger partial charge in [-0.2, -0.15) is 5.26 Å². The second-order valence-electron chi connectivity index (χ2n) is 5.14. The Bertz CT molecular complexity index is 432. The zero-order valence-corrected chi connectivity index (χ0v) is 10.4. The van der Waals surface area contributed by atoms with E-state index in [0.29, 0.717) is 5.56 Å². The van der Waals surface area contributed by atoms with E-state index in [0.717, 1.165) is 25.3 Å². The van der Waals surface area contributed by atoms with E-state index in [1.165, 1.54) is 0 Å². The summed E-state index contributed by atoms with van der Waals surface area (Å²) in [6.45, 7) is 6.97. The molecule has 1 saturated heterocycles. The molecule has 2 rings (SSSR count). The average Bonchev–Trinajstić information content (AvgIpc) is 2.33. The van der Waals surface area contributed by atoms with Crippen molar-refractivity contribution in [3.8, 4) is 6.07 Å². The minimum Gasteiger partial charge on any atom is -0.380 e. The molecule has 1 fully saturated rings. The highest BCUT2D eigenvalue weighted by Crippen LogP contribution is 2.26. The third kappa shape index (κ3) is 2.85. The van der Waals surface area contributed by atoms with Crippen LogP contribution in [0.15, 0.2) is 24.3 Å². The van der Waals surface area contributed by atoms with Gasteiger partial charge in [-0.1, -0.05) is 19.1 Å². The molecule has 1 aliphatic rings. The smallest absolute Gasteiger partial charge is 0.0991 e. The predicted octanol–water partition coefficient (Wildman–Crippen LogP) is 2.25. The molecule has 0 spiro atoms. The van der Waals surface area contributed by atoms with Crippen molar-refractivity contribution in [1.29, 1.82) is 5.26 Å². The lowest BCUT2D eigenvalue weighted by Crippen LogP contribution is -2.47. The highest BCUT2D eigenvalue weighted by molar-refractivity contribution is 5.34. The fourth-order valence-electron chi connectivity index (χ4n) is 1.95. The van der Waals surface area contributed by atoms with Crippen LogP contribution in [-0.2, 0) is 4.74 Å². The maximum atomic E-state index is 8.86. The molecule has 1 atom stereocenters. The normalized spacial score (nSPS) is 19.1. The number of rotatable bonds is 4. The summed E-state index contributed by atoms with van der Waals surface area (Å²) in [6, 6.07) is 10.2. The SMILES string of the molecule is CC(NCC1(C)COC1)c1cccc(C#N)c1. The van der Waals surface area contributed by atoms with Gasteiger partial charge in [-0.15, -0.1) is 0 Å². The van der Waals surface area contributed by atoms with E-state index < -0.39 is 0 Å². The lowest BCUT2D eigenvalue weighted by molar-refractivity contribution is -0.0999. The van der Waals surface area contributed by atoms with Crippen LogP contribution in [0.4, 0.5) is 0 Å². The minimum absolute atomic E-state index is 0.265. The molecular weight excluding hydrogens is 212 g/mol. The molecule has 0 aliphatic carbocycles. The van der Waals surface area contributed by atoms with E-state index in [1.807, 2.05) is 18.2 Å². The Hall–Kier alpha value is -1.37. The minimum atomic E-state index is 0.265. The number of hydrogen-bond donors (Lipinski definition) is 1. The topological polar surface area (TPSA) is 45.0 Å². The Balaban J connectivity index is 1.94. The number of ether oxygens (including phenoxy) is 1. The van der Waals surface area contributed by atoms with Crippen LogP contribution in [0.1, 0.15) is 31.0 Å². The van der Waals surface area contributed by atoms with Crippen LogP contribution in [0.3, 0.4) is 0 Å². The molecule has 1 N–H and O–H groups in total. The van der Waals surface area contributed by atoms with Gasteiger partial charge in [-0.25, -0.2) is 0 Å². The Morgan fingerprint density at radius 3 is 2.88 bits per heavy atom. The van der Waals surface area contributed by atoms with Crippen molar-refractivity contribution < 1.29 is 4.74 Å². The molecule has 0 amide bonds. The largest absolute Gasteiger partial charge is 0.380 e. The lowest BCUT2D eigenvalue weighted by atomic mass is 9.88. The summed E-state index contributed by atoms with van der Waals surface area (Å²) >= 11 is 0. The van der Waals surface area contributed by atoms with Crippen LogP contribution in [0.2, 0.25) is 0 Å². The highest BCUT2D eigenvalue weighted by atomic mass is 16.5. The van der Waals surface area contributed by atoms with Crippen molar-refractivity contribution in [3.05, 3.63) is 35.4 Å². The Kier molecular flexibility index (Phi) is 3.46. The van der Waals surface area contributed by atoms with Gasteiger partial charge >= 0.3 is 0 Å². The molecule has 0 bridgehead atoms. The highest BCUT2D eigenvalue weighted by Gasteiger charge is 2.33. The molecule has 0 radical (unpaired) electrons. The number of nitrogens with zero attached hydrogens (tertiary/aromatic N) is 1. The lowest BCUT2D eigenvalue weighted by Gasteiger charge is -2.39. The van der Waals surface area contributed by atoms with Crippen molar-refractivity contribution in [2.24, 2.45) is 5.41 Å². The second kappa shape index (κ2) is 4.87. The van der Waals surface area contributed by atoms with Crippen molar-refractivity contribution in [2.75, 3.05) is 19.8 Å². The summed E-state index contributed by atoms with van der Waals surface area (Å²) in [7, 11) is 0. The number of hydrogen-bond acceptors (Lipinski definition) is 3. The molecule has 1 aromatic carbocycles. The van der Waals surface area contributed by atoms with Crippen LogP contribution in [0, 0.1) is 16.7 Å². The molecule has 90 valence electrons. The molecule has 0 aromatic heterocycles. The fourth-order valence-corrected chi connectivity index (χ4v) is 1.95. The molecule has 1 heterocycles. The van der Waals surface area contributed by atoms with Crippen LogP contribution in [0.5, 0.6) is 0 Å². The fraction of sp³-hybridized carbons (Fsp3) is 0.500. The summed E-state index contributed by atoms with van der Waals surface area (Å²) in [5.41, 5.74) is 2.16. The zero-order valence-electron chi connectivity index (χ0n) is 10.4. The first-order valence-electron chi connectivity index (χ1n) is 5.94. The van der Waals surface area contributed by atoms with Gasteiger partial charge in [-0.3, -0.25) is 0 Å². The molecule has 0 saturated carbocycles. The summed E-state index contributed by atoms with van der Waals surface area (Å²) in [5, 5.41) is 12.4. The Morgan fingerprint density at radius 1 is 1.53 bits per heavy atom. The van der Waals surface area contributed by atoms with Crippen LogP contribution < -0.4 is 5.32 Å². The van der Waals surface area contributed by atoms with Crippen LogP contribution in [0.25, 0.3) is 0 Å². The zero-order chi connectivity index (χ0) is 12.3. The van der Waals surface area contributed by atoms with Gasteiger partial charge in [0.25, 0.3) is 0 Å². The molecule has 3 nitrogen and oxygen atoms in total. The monoisotopic (exact) mass is 230 g/mol. The average molecular weight is 230 g/mol. The summed E-state index contributed by atoms with van der Waals surface area (Å²) in [4.78, 5) is 0. The quantitative estimate of drug-likeness (QED) is 0.862. The second-order valence-corrected chi connectivity index (χ2v) is 5.14. The van der Waals surface area contributed by atoms with Crippen molar-refractivity contribution in [3.63, 3.8) is 0 Å². The van der Waals surface area contributed by atoms with Gasteiger partial charge < -0.3 is 10.1 Å². The maximum absolute atomic E-state index is 8.86. The molecule has 1 unspecified atom stereocenters. The number of nitriles is 1. The molecule has 3 heteroatoms. The summed E-state index contributed by atoms with van der Waals surface area (Å²) in [6.07, 6.45) is 0. The van der Waals surface area contributed by atoms with Gasteiger partial charge in [0.15, 0.2) is 0 Å². The van der Waals surface area contributed by atoms with Gasteiger partial charge in [0, 0.05) is 18.0 Å². The molecule has 1 aliphatic heterocycles. The predicted molar refractivity (Wildman–Crippen MR) is 66.5 cm³/mol. The van der Waals surface area contributed by atoms with Gasteiger partial charge in [0.1, 0.15) is 0 Å². The van der Waals surface area contributed by atoms with E-state index in [2.05, 4.69) is 31.3 Å². The Labute approximate surface area is 102 Å². The number of benzene rings is 1. The van der Waals surface area contributed by atoms with Crippen molar-refractivity contribution in [2.45, 2.75) is 19.9 Å². The first-order valence-corrected chi connectivity index (χ1v) is 5.94. The standard InChI is InChI=1S/C14H18N2O/c1-11(16-8-14(2)9-17-10-14)13-5-3-4-12(6-13)7-15/h3-6,11,16H,8-10H2,1-2H3. The van der Waals surface area contributed by atoms with E-state index in [9.17, 15) is 0 Å². The van der Waals surface area contributed by atoms with Gasteiger partial charge in [-0.05, 0) is 24.6 Å². The van der Waals surface area contributed by atoms with Crippen molar-refractivity contribution in [1.82, 2.24) is 5.32 Å². The van der Waals surface area contributed by atoms with E-state index in [1.54, 1.807) is 0 Å². The van der Waals surface area contributed by atoms with E-state index >= 15 is 0 Å². The Morgan fingerprint density at radius 2 is 2.29 bits per heavy atom. The summed E-state index contributed by atoms with van der Waals surface area (Å²) in [5.74, 6) is 0. The first-order chi connectivity index (χ1) is 8.13. The molecular formula is C14H18N2O. The first kappa shape index (κ1) is 12.1. The van der Waals surface area contributed by atoms with Gasteiger partial charge in [0.2, 0.25) is 0 Å². The third-order valence-corrected chi connectivity index (χ3v) is 3.25. The van der Waals surface area contributed by atoms with Crippen molar-refractivity contribution >= 4 is 0 Å². The maximum Gasteiger partial charge on any atom is 0.0991 e. The third-order valence-electron chi connectivity index (χ3n) is 3.25. The van der Waals surface area contributed by atoms with E-state index in [4.69, 9.17) is 10.00 Å². The molecule has 17 heavy (non-hydrogen) atoms. The van der Waals surface area contributed by atoms with E-state index in [-0.39, 0.29) is 11.5 Å². The summed E-state index contributed by atoms with van der Waals surface area (Å²) < 4.78 is 5.23. The van der Waals surface area contributed by atoms with Crippen LogP contribution >= 0.6 is 0 Å². The van der Waals surface area contributed by atoms with Gasteiger partial charge in [0.05, 0.1) is 24.8 Å². The number of nitrogens with one attached hydrogen (secondary N) is 1.